The summed E-state index contributed by atoms with van der Waals surface area (Å²) in [5.74, 6) is 1.65. The van der Waals surface area contributed by atoms with Crippen molar-refractivity contribution in [3.05, 3.63) is 35.4 Å². The maximum absolute atomic E-state index is 4.83. The standard InChI is InChI=1S/C24H41N5.HI/c1-4-25-24(27-17-23-8-7-15-29(19-23)20(2)3)26-16-21-9-11-22(12-10-21)18-28-13-5-6-14-28;/h9-12,20,23H,4-8,13-19H2,1-3H3,(H2,25,26,27);1H. The average molecular weight is 528 g/mol. The summed E-state index contributed by atoms with van der Waals surface area (Å²) in [6, 6.07) is 9.66. The molecule has 2 heterocycles. The lowest BCUT2D eigenvalue weighted by molar-refractivity contribution is 0.141. The Kier molecular flexibility index (Phi) is 11.5. The summed E-state index contributed by atoms with van der Waals surface area (Å²) < 4.78 is 0. The van der Waals surface area contributed by atoms with Gasteiger partial charge in [-0.2, -0.15) is 0 Å². The number of rotatable bonds is 8. The maximum Gasteiger partial charge on any atom is 0.191 e. The average Bonchev–Trinajstić information content (AvgIpc) is 3.24. The highest BCUT2D eigenvalue weighted by molar-refractivity contribution is 14.0. The van der Waals surface area contributed by atoms with Gasteiger partial charge in [0.15, 0.2) is 5.96 Å². The number of guanidine groups is 1. The van der Waals surface area contributed by atoms with Gasteiger partial charge >= 0.3 is 0 Å². The molecule has 1 atom stereocenters. The molecule has 1 aromatic rings. The Hall–Kier alpha value is -0.860. The number of likely N-dealkylation sites (tertiary alicyclic amines) is 2. The van der Waals surface area contributed by atoms with E-state index in [4.69, 9.17) is 4.99 Å². The molecule has 2 aliphatic rings. The van der Waals surface area contributed by atoms with E-state index < -0.39 is 0 Å². The first kappa shape index (κ1) is 25.4. The van der Waals surface area contributed by atoms with Crippen molar-refractivity contribution in [1.29, 1.82) is 0 Å². The lowest BCUT2D eigenvalue weighted by Crippen LogP contribution is -2.46. The normalized spacial score (nSPS) is 20.9. The molecule has 1 aromatic carbocycles. The van der Waals surface area contributed by atoms with Gasteiger partial charge in [-0.25, -0.2) is 4.99 Å². The molecule has 170 valence electrons. The molecule has 0 spiro atoms. The molecule has 0 radical (unpaired) electrons. The van der Waals surface area contributed by atoms with Crippen LogP contribution >= 0.6 is 24.0 Å². The van der Waals surface area contributed by atoms with E-state index in [9.17, 15) is 0 Å². The Morgan fingerprint density at radius 3 is 2.40 bits per heavy atom. The Bertz CT molecular complexity index is 625. The van der Waals surface area contributed by atoms with Crippen LogP contribution in [0.15, 0.2) is 29.3 Å². The van der Waals surface area contributed by atoms with Crippen LogP contribution in [0.2, 0.25) is 0 Å². The summed E-state index contributed by atoms with van der Waals surface area (Å²) in [6.45, 7) is 15.4. The van der Waals surface area contributed by atoms with Crippen LogP contribution in [-0.2, 0) is 13.1 Å². The number of halogens is 1. The van der Waals surface area contributed by atoms with Gasteiger partial charge in [0, 0.05) is 32.2 Å². The van der Waals surface area contributed by atoms with Crippen LogP contribution in [0.4, 0.5) is 0 Å². The first-order chi connectivity index (χ1) is 14.1. The van der Waals surface area contributed by atoms with Crippen molar-refractivity contribution >= 4 is 29.9 Å². The summed E-state index contributed by atoms with van der Waals surface area (Å²) in [5.41, 5.74) is 2.69. The summed E-state index contributed by atoms with van der Waals surface area (Å²) in [6.07, 6.45) is 5.32. The summed E-state index contributed by atoms with van der Waals surface area (Å²) in [7, 11) is 0. The lowest BCUT2D eigenvalue weighted by atomic mass is 9.97. The number of nitrogens with one attached hydrogen (secondary N) is 2. The second-order valence-corrected chi connectivity index (χ2v) is 8.97. The van der Waals surface area contributed by atoms with Crippen molar-refractivity contribution in [2.75, 3.05) is 39.3 Å². The molecule has 2 saturated heterocycles. The molecule has 0 amide bonds. The lowest BCUT2D eigenvalue weighted by Gasteiger charge is -2.35. The Morgan fingerprint density at radius 1 is 1.03 bits per heavy atom. The minimum atomic E-state index is 0. The third kappa shape index (κ3) is 8.35. The molecule has 0 saturated carbocycles. The number of hydrogen-bond donors (Lipinski definition) is 2. The van der Waals surface area contributed by atoms with Gasteiger partial charge in [0.05, 0.1) is 6.54 Å². The molecule has 0 aliphatic carbocycles. The van der Waals surface area contributed by atoms with Gasteiger partial charge in [0.2, 0.25) is 0 Å². The fourth-order valence-electron chi connectivity index (χ4n) is 4.44. The van der Waals surface area contributed by atoms with Gasteiger partial charge in [-0.05, 0) is 83.1 Å². The fourth-order valence-corrected chi connectivity index (χ4v) is 4.44. The zero-order chi connectivity index (χ0) is 20.5. The van der Waals surface area contributed by atoms with Gasteiger partial charge < -0.3 is 15.5 Å². The zero-order valence-electron chi connectivity index (χ0n) is 19.2. The quantitative estimate of drug-likeness (QED) is 0.304. The Morgan fingerprint density at radius 2 is 1.73 bits per heavy atom. The van der Waals surface area contributed by atoms with Crippen molar-refractivity contribution in [2.24, 2.45) is 10.9 Å². The van der Waals surface area contributed by atoms with Crippen LogP contribution in [0.25, 0.3) is 0 Å². The molecular weight excluding hydrogens is 485 g/mol. The van der Waals surface area contributed by atoms with Crippen molar-refractivity contribution in [3.63, 3.8) is 0 Å². The van der Waals surface area contributed by atoms with Gasteiger partial charge in [-0.3, -0.25) is 4.90 Å². The van der Waals surface area contributed by atoms with Crippen LogP contribution in [0.3, 0.4) is 0 Å². The van der Waals surface area contributed by atoms with E-state index in [-0.39, 0.29) is 24.0 Å². The third-order valence-electron chi connectivity index (χ3n) is 6.23. The second-order valence-electron chi connectivity index (χ2n) is 8.97. The van der Waals surface area contributed by atoms with Gasteiger partial charge in [-0.1, -0.05) is 24.3 Å². The fraction of sp³-hybridized carbons (Fsp3) is 0.708. The van der Waals surface area contributed by atoms with E-state index in [1.165, 1.54) is 63.0 Å². The number of piperidine rings is 1. The molecule has 2 fully saturated rings. The Balaban J connectivity index is 0.00000320. The van der Waals surface area contributed by atoms with E-state index in [1.54, 1.807) is 0 Å². The van der Waals surface area contributed by atoms with E-state index in [2.05, 4.69) is 65.5 Å². The van der Waals surface area contributed by atoms with Crippen LogP contribution in [0, 0.1) is 5.92 Å². The van der Waals surface area contributed by atoms with Crippen LogP contribution in [0.1, 0.15) is 57.6 Å². The molecule has 1 unspecified atom stereocenters. The smallest absolute Gasteiger partial charge is 0.191 e. The minimum absolute atomic E-state index is 0. The number of hydrogen-bond acceptors (Lipinski definition) is 3. The highest BCUT2D eigenvalue weighted by atomic mass is 127. The van der Waals surface area contributed by atoms with Crippen molar-refractivity contribution in [3.8, 4) is 0 Å². The highest BCUT2D eigenvalue weighted by Crippen LogP contribution is 2.18. The number of aliphatic imine (C=N–C) groups is 1. The zero-order valence-corrected chi connectivity index (χ0v) is 21.5. The topological polar surface area (TPSA) is 42.9 Å². The van der Waals surface area contributed by atoms with Gasteiger partial charge in [0.1, 0.15) is 0 Å². The van der Waals surface area contributed by atoms with E-state index in [0.717, 1.165) is 32.1 Å². The van der Waals surface area contributed by atoms with Crippen LogP contribution in [-0.4, -0.2) is 61.1 Å². The predicted molar refractivity (Wildman–Crippen MR) is 139 cm³/mol. The van der Waals surface area contributed by atoms with E-state index in [1.807, 2.05) is 0 Å². The predicted octanol–water partition coefficient (Wildman–Crippen LogP) is 4.08. The SMILES string of the molecule is CCNC(=NCc1ccc(CN2CCCC2)cc1)NCC1CCCN(C(C)C)C1.I. The molecule has 30 heavy (non-hydrogen) atoms. The largest absolute Gasteiger partial charge is 0.357 e. The third-order valence-corrected chi connectivity index (χ3v) is 6.23. The molecule has 3 rings (SSSR count). The van der Waals surface area contributed by atoms with Crippen LogP contribution in [0.5, 0.6) is 0 Å². The number of nitrogens with zero attached hydrogens (tertiary/aromatic N) is 3. The molecular formula is C24H42IN5. The molecule has 2 aliphatic heterocycles. The van der Waals surface area contributed by atoms with Gasteiger partial charge in [0.25, 0.3) is 0 Å². The second kappa shape index (κ2) is 13.5. The molecule has 2 N–H and O–H groups in total. The van der Waals surface area contributed by atoms with E-state index in [0.29, 0.717) is 12.0 Å². The maximum atomic E-state index is 4.83. The highest BCUT2D eigenvalue weighted by Gasteiger charge is 2.21. The number of benzene rings is 1. The molecule has 0 aromatic heterocycles. The van der Waals surface area contributed by atoms with Crippen LogP contribution < -0.4 is 10.6 Å². The molecule has 0 bridgehead atoms. The van der Waals surface area contributed by atoms with Gasteiger partial charge in [-0.15, -0.1) is 24.0 Å². The summed E-state index contributed by atoms with van der Waals surface area (Å²) in [4.78, 5) is 9.97. The summed E-state index contributed by atoms with van der Waals surface area (Å²) >= 11 is 0. The Labute approximate surface area is 201 Å². The monoisotopic (exact) mass is 527 g/mol. The minimum Gasteiger partial charge on any atom is -0.357 e. The first-order valence-corrected chi connectivity index (χ1v) is 11.7. The first-order valence-electron chi connectivity index (χ1n) is 11.7. The van der Waals surface area contributed by atoms with E-state index >= 15 is 0 Å². The summed E-state index contributed by atoms with van der Waals surface area (Å²) in [5, 5.41) is 6.99. The molecule has 6 heteroatoms. The van der Waals surface area contributed by atoms with Crippen molar-refractivity contribution in [1.82, 2.24) is 20.4 Å². The van der Waals surface area contributed by atoms with Crippen molar-refractivity contribution < 1.29 is 0 Å². The van der Waals surface area contributed by atoms with Crippen molar-refractivity contribution in [2.45, 2.75) is 65.6 Å². The molecule has 5 nitrogen and oxygen atoms in total.